The Morgan fingerprint density at radius 3 is 1.48 bits per heavy atom. The van der Waals surface area contributed by atoms with Gasteiger partial charge in [0.25, 0.3) is 0 Å². The van der Waals surface area contributed by atoms with Crippen molar-refractivity contribution in [1.82, 2.24) is 0 Å². The maximum absolute atomic E-state index is 16.2. The minimum absolute atomic E-state index is 0.767. The number of hydrogen-bond donors (Lipinski definition) is 0. The van der Waals surface area contributed by atoms with E-state index in [0.29, 0.717) is 0 Å². The van der Waals surface area contributed by atoms with Gasteiger partial charge in [-0.25, -0.2) is 0 Å². The third-order valence-electron chi connectivity index (χ3n) is 7.75. The van der Waals surface area contributed by atoms with E-state index in [1.165, 1.54) is 0 Å². The fraction of sp³-hybridized carbons (Fsp3) is 0.135. The van der Waals surface area contributed by atoms with Crippen LogP contribution in [0.15, 0.2) is 109 Å². The summed E-state index contributed by atoms with van der Waals surface area (Å²) in [5.41, 5.74) is 6.35. The molecule has 0 aliphatic rings. The molecule has 6 rings (SSSR count). The number of benzene rings is 6. The average Bonchev–Trinajstić information content (AvgIpc) is 2.94. The Morgan fingerprint density at radius 2 is 0.975 bits per heavy atom. The lowest BCUT2D eigenvalue weighted by molar-refractivity contribution is 0.417. The van der Waals surface area contributed by atoms with Crippen molar-refractivity contribution in [3.8, 4) is 16.9 Å². The number of aryl methyl sites for hydroxylation is 4. The molecule has 0 atom stereocenters. The highest BCUT2D eigenvalue weighted by Gasteiger charge is 2.35. The Kier molecular flexibility index (Phi) is 6.61. The van der Waals surface area contributed by atoms with Crippen LogP contribution in [-0.2, 0) is 4.57 Å². The summed E-state index contributed by atoms with van der Waals surface area (Å²) in [5.74, 6) is 0.767. The topological polar surface area (TPSA) is 26.3 Å². The normalized spacial score (nSPS) is 11.7. The molecule has 0 saturated heterocycles. The van der Waals surface area contributed by atoms with Crippen LogP contribution in [0.5, 0.6) is 5.75 Å². The van der Waals surface area contributed by atoms with Gasteiger partial charge in [-0.3, -0.25) is 0 Å². The van der Waals surface area contributed by atoms with Crippen molar-refractivity contribution in [2.75, 3.05) is 7.11 Å². The maximum Gasteiger partial charge on any atom is 0.171 e. The Hall–Kier alpha value is -4.13. The molecule has 0 saturated carbocycles. The molecule has 3 heteroatoms. The smallest absolute Gasteiger partial charge is 0.171 e. The van der Waals surface area contributed by atoms with Crippen molar-refractivity contribution in [3.63, 3.8) is 0 Å². The molecule has 6 aromatic carbocycles. The Bertz CT molecular complexity index is 1870. The average molecular weight is 541 g/mol. The molecule has 0 fully saturated rings. The zero-order chi connectivity index (χ0) is 28.0. The van der Waals surface area contributed by atoms with E-state index < -0.39 is 7.14 Å². The van der Waals surface area contributed by atoms with Gasteiger partial charge in [0.15, 0.2) is 7.14 Å². The molecule has 0 spiro atoms. The van der Waals surface area contributed by atoms with Gasteiger partial charge in [0.05, 0.1) is 7.11 Å². The summed E-state index contributed by atoms with van der Waals surface area (Å²) in [5, 5.41) is 6.89. The van der Waals surface area contributed by atoms with Crippen LogP contribution in [0.1, 0.15) is 22.3 Å². The minimum Gasteiger partial charge on any atom is -0.496 e. The number of hydrogen-bond acceptors (Lipinski definition) is 2. The maximum atomic E-state index is 16.2. The molecular weight excluding hydrogens is 507 g/mol. The van der Waals surface area contributed by atoms with Crippen molar-refractivity contribution >= 4 is 44.6 Å². The molecule has 40 heavy (non-hydrogen) atoms. The first kappa shape index (κ1) is 26.1. The van der Waals surface area contributed by atoms with Crippen LogP contribution in [0, 0.1) is 27.7 Å². The van der Waals surface area contributed by atoms with Gasteiger partial charge >= 0.3 is 0 Å². The third-order valence-corrected chi connectivity index (χ3v) is 10.8. The van der Waals surface area contributed by atoms with E-state index in [0.717, 1.165) is 76.6 Å². The van der Waals surface area contributed by atoms with Gasteiger partial charge in [0.2, 0.25) is 0 Å². The van der Waals surface area contributed by atoms with Gasteiger partial charge in [-0.1, -0.05) is 95.1 Å². The van der Waals surface area contributed by atoms with Crippen molar-refractivity contribution in [2.45, 2.75) is 27.7 Å². The monoisotopic (exact) mass is 540 g/mol. The fourth-order valence-corrected chi connectivity index (χ4v) is 9.38. The van der Waals surface area contributed by atoms with Crippen LogP contribution in [0.3, 0.4) is 0 Å². The third kappa shape index (κ3) is 4.34. The molecule has 0 radical (unpaired) electrons. The molecule has 0 heterocycles. The molecule has 0 N–H and O–H groups in total. The molecular formula is C37H33O2P. The predicted molar refractivity (Wildman–Crippen MR) is 172 cm³/mol. The lowest BCUT2D eigenvalue weighted by Crippen LogP contribution is -2.27. The van der Waals surface area contributed by atoms with Crippen molar-refractivity contribution < 1.29 is 9.30 Å². The molecule has 2 nitrogen and oxygen atoms in total. The molecule has 0 aliphatic heterocycles. The molecule has 198 valence electrons. The zero-order valence-electron chi connectivity index (χ0n) is 23.7. The van der Waals surface area contributed by atoms with Gasteiger partial charge in [-0.15, -0.1) is 0 Å². The SMILES string of the molecule is COc1ccc2ccccc2c1-c1c(P(=O)(c2cc(C)cc(C)c2)c2cc(C)cc(C)c2)ccc2ccccc12. The Balaban J connectivity index is 1.85. The van der Waals surface area contributed by atoms with Crippen molar-refractivity contribution in [3.05, 3.63) is 131 Å². The summed E-state index contributed by atoms with van der Waals surface area (Å²) >= 11 is 0. The summed E-state index contributed by atoms with van der Waals surface area (Å²) in [6, 6.07) is 37.8. The number of ether oxygens (including phenoxy) is 1. The summed E-state index contributed by atoms with van der Waals surface area (Å²) in [4.78, 5) is 0. The van der Waals surface area contributed by atoms with Crippen LogP contribution in [0.4, 0.5) is 0 Å². The second-order valence-electron chi connectivity index (χ2n) is 10.8. The second kappa shape index (κ2) is 10.1. The van der Waals surface area contributed by atoms with Gasteiger partial charge in [0, 0.05) is 27.0 Å². The number of rotatable bonds is 5. The number of methoxy groups -OCH3 is 1. The second-order valence-corrected chi connectivity index (χ2v) is 13.6. The highest BCUT2D eigenvalue weighted by molar-refractivity contribution is 7.85. The standard InChI is InChI=1S/C37H33O2P/c1-24-18-25(2)21-30(20-24)40(38,31-22-26(3)19-27(4)23-31)35-17-15-29-11-7-9-13-33(29)37(35)36-32-12-8-6-10-28(32)14-16-34(36)39-5/h6-23H,1-5H3. The van der Waals surface area contributed by atoms with E-state index in [9.17, 15) is 0 Å². The quantitative estimate of drug-likeness (QED) is 0.205. The molecule has 6 aromatic rings. The zero-order valence-corrected chi connectivity index (χ0v) is 24.6. The predicted octanol–water partition coefficient (Wildman–Crippen LogP) is 8.54. The first-order chi connectivity index (χ1) is 19.3. The van der Waals surface area contributed by atoms with Crippen LogP contribution in [0.2, 0.25) is 0 Å². The van der Waals surface area contributed by atoms with E-state index in [-0.39, 0.29) is 0 Å². The van der Waals surface area contributed by atoms with Gasteiger partial charge in [0.1, 0.15) is 5.75 Å². The van der Waals surface area contributed by atoms with E-state index in [2.05, 4.69) is 131 Å². The molecule has 0 aliphatic carbocycles. The lowest BCUT2D eigenvalue weighted by Gasteiger charge is -2.26. The van der Waals surface area contributed by atoms with E-state index in [1.807, 2.05) is 6.07 Å². The molecule has 0 aromatic heterocycles. The minimum atomic E-state index is -3.36. The highest BCUT2D eigenvalue weighted by Crippen LogP contribution is 2.50. The largest absolute Gasteiger partial charge is 0.496 e. The van der Waals surface area contributed by atoms with Crippen LogP contribution >= 0.6 is 7.14 Å². The fourth-order valence-electron chi connectivity index (χ4n) is 6.16. The van der Waals surface area contributed by atoms with Crippen LogP contribution in [0.25, 0.3) is 32.7 Å². The van der Waals surface area contributed by atoms with Gasteiger partial charge in [-0.05, 0) is 85.6 Å². The van der Waals surface area contributed by atoms with E-state index in [4.69, 9.17) is 4.74 Å². The summed E-state index contributed by atoms with van der Waals surface area (Å²) in [7, 11) is -1.64. The first-order valence-electron chi connectivity index (χ1n) is 13.7. The van der Waals surface area contributed by atoms with Crippen LogP contribution in [-0.4, -0.2) is 7.11 Å². The molecule has 0 amide bonds. The summed E-state index contributed by atoms with van der Waals surface area (Å²) in [6.45, 7) is 8.32. The summed E-state index contributed by atoms with van der Waals surface area (Å²) < 4.78 is 22.2. The van der Waals surface area contributed by atoms with E-state index in [1.54, 1.807) is 7.11 Å². The van der Waals surface area contributed by atoms with Crippen molar-refractivity contribution in [1.29, 1.82) is 0 Å². The summed E-state index contributed by atoms with van der Waals surface area (Å²) in [6.07, 6.45) is 0. The lowest BCUT2D eigenvalue weighted by atomic mass is 9.93. The molecule has 0 bridgehead atoms. The van der Waals surface area contributed by atoms with Gasteiger partial charge < -0.3 is 9.30 Å². The Morgan fingerprint density at radius 1 is 0.525 bits per heavy atom. The Labute approximate surface area is 236 Å². The number of fused-ring (bicyclic) bond motifs is 2. The van der Waals surface area contributed by atoms with E-state index >= 15 is 4.57 Å². The van der Waals surface area contributed by atoms with Crippen LogP contribution < -0.4 is 20.7 Å². The first-order valence-corrected chi connectivity index (χ1v) is 15.4. The van der Waals surface area contributed by atoms with Gasteiger partial charge in [-0.2, -0.15) is 0 Å². The highest BCUT2D eigenvalue weighted by atomic mass is 31.2. The van der Waals surface area contributed by atoms with Crippen molar-refractivity contribution in [2.24, 2.45) is 0 Å². The molecule has 0 unspecified atom stereocenters.